The Hall–Kier alpha value is -2.57. The second kappa shape index (κ2) is 4.72. The maximum Gasteiger partial charge on any atom is 0.408 e. The molecule has 1 aromatic carbocycles. The summed E-state index contributed by atoms with van der Waals surface area (Å²) in [6.45, 7) is 0.0329. The zero-order valence-electron chi connectivity index (χ0n) is 12.8. The molecule has 3 N–H and O–H groups in total. The van der Waals surface area contributed by atoms with E-state index in [2.05, 4.69) is 5.32 Å². The summed E-state index contributed by atoms with van der Waals surface area (Å²) in [7, 11) is 0. The van der Waals surface area contributed by atoms with Crippen molar-refractivity contribution < 1.29 is 29.3 Å². The standard InChI is InChI=1S/C17H17NO6/c19-13(20)16-7-10-6-11(16)12(16)17(10,14(21)22)18-15(23)24-8-9-4-2-1-3-5-9/h1-5,10-12H,6-8H2,(H,18,23)(H,19,20)(H,21,22)/t10-,11-,12+,16+,17+/m0/s1. The summed E-state index contributed by atoms with van der Waals surface area (Å²) in [5, 5.41) is 21.7. The van der Waals surface area contributed by atoms with Crippen molar-refractivity contribution in [3.63, 3.8) is 0 Å². The number of hydrogen-bond acceptors (Lipinski definition) is 4. The third-order valence-corrected chi connectivity index (χ3v) is 6.04. The molecular weight excluding hydrogens is 314 g/mol. The lowest BCUT2D eigenvalue weighted by molar-refractivity contribution is -0.147. The van der Waals surface area contributed by atoms with Crippen LogP contribution in [0, 0.1) is 23.2 Å². The van der Waals surface area contributed by atoms with Crippen LogP contribution < -0.4 is 5.32 Å². The number of alkyl carbamates (subject to hydrolysis) is 1. The van der Waals surface area contributed by atoms with Crippen molar-refractivity contribution in [3.8, 4) is 0 Å². The SMILES string of the molecule is O=C(N[C@]1(C(=O)O)[C@H]2C[C@H]3[C@@H]1[C@@]3(C(=O)O)C2)OCc1ccccc1. The van der Waals surface area contributed by atoms with Crippen LogP contribution in [0.2, 0.25) is 0 Å². The van der Waals surface area contributed by atoms with E-state index >= 15 is 0 Å². The van der Waals surface area contributed by atoms with Crippen LogP contribution in [-0.2, 0) is 20.9 Å². The molecular formula is C17H17NO6. The van der Waals surface area contributed by atoms with Gasteiger partial charge in [-0.3, -0.25) is 4.79 Å². The Labute approximate surface area is 137 Å². The summed E-state index contributed by atoms with van der Waals surface area (Å²) in [5.41, 5.74) is -1.70. The molecule has 5 atom stereocenters. The molecule has 7 nitrogen and oxygen atoms in total. The van der Waals surface area contributed by atoms with E-state index in [0.29, 0.717) is 12.8 Å². The van der Waals surface area contributed by atoms with Gasteiger partial charge in [-0.1, -0.05) is 30.3 Å². The summed E-state index contributed by atoms with van der Waals surface area (Å²) in [6.07, 6.45) is 0.0190. The molecule has 24 heavy (non-hydrogen) atoms. The molecule has 1 aromatic rings. The van der Waals surface area contributed by atoms with Gasteiger partial charge in [0.25, 0.3) is 0 Å². The smallest absolute Gasteiger partial charge is 0.408 e. The third-order valence-electron chi connectivity index (χ3n) is 6.04. The largest absolute Gasteiger partial charge is 0.481 e. The van der Waals surface area contributed by atoms with E-state index in [1.165, 1.54) is 0 Å². The Bertz CT molecular complexity index is 734. The normalized spacial score (nSPS) is 37.8. The first-order valence-corrected chi connectivity index (χ1v) is 7.88. The predicted molar refractivity (Wildman–Crippen MR) is 79.9 cm³/mol. The fourth-order valence-corrected chi connectivity index (χ4v) is 5.11. The van der Waals surface area contributed by atoms with Gasteiger partial charge in [0.05, 0.1) is 5.41 Å². The van der Waals surface area contributed by atoms with Crippen LogP contribution in [0.1, 0.15) is 18.4 Å². The number of nitrogens with one attached hydrogen (secondary N) is 1. The van der Waals surface area contributed by atoms with Crippen molar-refractivity contribution >= 4 is 18.0 Å². The average Bonchev–Trinajstić information content (AvgIpc) is 2.87. The van der Waals surface area contributed by atoms with Crippen LogP contribution in [0.25, 0.3) is 0 Å². The number of carbonyl (C=O) groups is 3. The maximum atomic E-state index is 12.1. The molecule has 4 aliphatic carbocycles. The lowest BCUT2D eigenvalue weighted by Crippen LogP contribution is -2.57. The first kappa shape index (κ1) is 15.0. The number of aliphatic carboxylic acids is 2. The van der Waals surface area contributed by atoms with E-state index in [1.54, 1.807) is 12.1 Å². The second-order valence-electron chi connectivity index (χ2n) is 6.93. The number of hydrogen-bond donors (Lipinski definition) is 3. The molecule has 5 rings (SSSR count). The summed E-state index contributed by atoms with van der Waals surface area (Å²) in [4.78, 5) is 35.6. The molecule has 0 aromatic heterocycles. The minimum absolute atomic E-state index is 0.0329. The summed E-state index contributed by atoms with van der Waals surface area (Å²) < 4.78 is 5.13. The minimum atomic E-state index is -1.52. The highest BCUT2D eigenvalue weighted by Gasteiger charge is 2.90. The van der Waals surface area contributed by atoms with Gasteiger partial charge >= 0.3 is 18.0 Å². The molecule has 126 valence electrons. The predicted octanol–water partition coefficient (Wildman–Crippen LogP) is 1.48. The molecule has 0 unspecified atom stereocenters. The van der Waals surface area contributed by atoms with Gasteiger partial charge in [0, 0.05) is 5.92 Å². The van der Waals surface area contributed by atoms with Crippen molar-refractivity contribution in [3.05, 3.63) is 35.9 Å². The lowest BCUT2D eigenvalue weighted by Gasteiger charge is -2.29. The van der Waals surface area contributed by atoms with Crippen LogP contribution in [-0.4, -0.2) is 33.8 Å². The number of carboxylic acids is 2. The van der Waals surface area contributed by atoms with E-state index < -0.39 is 34.9 Å². The van der Waals surface area contributed by atoms with Crippen LogP contribution in [0.4, 0.5) is 4.79 Å². The molecule has 0 spiro atoms. The number of rotatable bonds is 5. The Balaban J connectivity index is 1.49. The van der Waals surface area contributed by atoms with Crippen molar-refractivity contribution in [2.24, 2.45) is 23.2 Å². The van der Waals surface area contributed by atoms with Gasteiger partial charge in [-0.25, -0.2) is 9.59 Å². The monoisotopic (exact) mass is 331 g/mol. The van der Waals surface area contributed by atoms with E-state index in [-0.39, 0.29) is 18.4 Å². The fraction of sp³-hybridized carbons (Fsp3) is 0.471. The third kappa shape index (κ3) is 1.69. The van der Waals surface area contributed by atoms with Crippen molar-refractivity contribution in [1.82, 2.24) is 5.32 Å². The van der Waals surface area contributed by atoms with E-state index in [0.717, 1.165) is 5.56 Å². The average molecular weight is 331 g/mol. The lowest BCUT2D eigenvalue weighted by atomic mass is 9.88. The van der Waals surface area contributed by atoms with Gasteiger partial charge < -0.3 is 20.3 Å². The molecule has 4 bridgehead atoms. The highest BCUT2D eigenvalue weighted by Crippen LogP contribution is 2.82. The molecule has 4 saturated carbocycles. The first-order chi connectivity index (χ1) is 11.4. The molecule has 4 aliphatic rings. The molecule has 7 heteroatoms. The highest BCUT2D eigenvalue weighted by atomic mass is 16.5. The van der Waals surface area contributed by atoms with Gasteiger partial charge in [-0.2, -0.15) is 0 Å². The molecule has 0 heterocycles. The molecule has 0 aliphatic heterocycles. The van der Waals surface area contributed by atoms with Gasteiger partial charge in [0.15, 0.2) is 0 Å². The van der Waals surface area contributed by atoms with Crippen LogP contribution in [0.3, 0.4) is 0 Å². The summed E-state index contributed by atoms with van der Waals surface area (Å²) in [6, 6.07) is 9.05. The number of benzene rings is 1. The first-order valence-electron chi connectivity index (χ1n) is 7.88. The quantitative estimate of drug-likeness (QED) is 0.753. The number of amides is 1. The van der Waals surface area contributed by atoms with Crippen molar-refractivity contribution in [2.45, 2.75) is 25.0 Å². The Morgan fingerprint density at radius 1 is 1.17 bits per heavy atom. The van der Waals surface area contributed by atoms with E-state index in [1.807, 2.05) is 18.2 Å². The Morgan fingerprint density at radius 3 is 2.42 bits per heavy atom. The maximum absolute atomic E-state index is 12.1. The van der Waals surface area contributed by atoms with Crippen molar-refractivity contribution in [1.29, 1.82) is 0 Å². The van der Waals surface area contributed by atoms with E-state index in [4.69, 9.17) is 4.74 Å². The number of carbonyl (C=O) groups excluding carboxylic acids is 1. The van der Waals surface area contributed by atoms with Crippen molar-refractivity contribution in [2.75, 3.05) is 0 Å². The summed E-state index contributed by atoms with van der Waals surface area (Å²) in [5.74, 6) is -3.19. The molecule has 0 radical (unpaired) electrons. The number of carboxylic acid groups (broad SMARTS) is 2. The summed E-state index contributed by atoms with van der Waals surface area (Å²) >= 11 is 0. The van der Waals surface area contributed by atoms with Crippen LogP contribution in [0.15, 0.2) is 30.3 Å². The van der Waals surface area contributed by atoms with Gasteiger partial charge in [0.1, 0.15) is 12.1 Å². The van der Waals surface area contributed by atoms with Gasteiger partial charge in [-0.05, 0) is 30.2 Å². The van der Waals surface area contributed by atoms with Gasteiger partial charge in [-0.15, -0.1) is 0 Å². The van der Waals surface area contributed by atoms with E-state index in [9.17, 15) is 24.6 Å². The van der Waals surface area contributed by atoms with Gasteiger partial charge in [0.2, 0.25) is 0 Å². The molecule has 0 saturated heterocycles. The zero-order chi connectivity index (χ0) is 17.1. The highest BCUT2D eigenvalue weighted by molar-refractivity contribution is 5.93. The topological polar surface area (TPSA) is 113 Å². The van der Waals surface area contributed by atoms with Crippen LogP contribution in [0.5, 0.6) is 0 Å². The number of ether oxygens (including phenoxy) is 1. The molecule has 1 amide bonds. The zero-order valence-corrected chi connectivity index (χ0v) is 12.8. The van der Waals surface area contributed by atoms with Crippen LogP contribution >= 0.6 is 0 Å². The fourth-order valence-electron chi connectivity index (χ4n) is 5.11. The Morgan fingerprint density at radius 2 is 1.88 bits per heavy atom. The minimum Gasteiger partial charge on any atom is -0.481 e. The second-order valence-corrected chi connectivity index (χ2v) is 6.93. The molecule has 4 fully saturated rings. The Kier molecular flexibility index (Phi) is 2.95.